The Bertz CT molecular complexity index is 732. The zero-order valence-electron chi connectivity index (χ0n) is 14.2. The molecule has 0 atom stereocenters. The van der Waals surface area contributed by atoms with Crippen molar-refractivity contribution >= 4 is 0 Å². The number of rotatable bonds is 3. The van der Waals surface area contributed by atoms with Crippen LogP contribution in [0, 0.1) is 0 Å². The van der Waals surface area contributed by atoms with E-state index in [1.54, 1.807) is 0 Å². The molecule has 170 valence electrons. The first kappa shape index (κ1) is 24.3. The molecular formula is C16H10F12O2. The Balaban J connectivity index is 2.26. The number of aliphatic hydroxyl groups is 2. The molecule has 0 spiro atoms. The van der Waals surface area contributed by atoms with Crippen molar-refractivity contribution in [1.29, 1.82) is 0 Å². The Labute approximate surface area is 159 Å². The van der Waals surface area contributed by atoms with E-state index in [9.17, 15) is 62.9 Å². The summed E-state index contributed by atoms with van der Waals surface area (Å²) in [6.07, 6.45) is -25.5. The maximum Gasteiger partial charge on any atom is 0.430 e. The van der Waals surface area contributed by atoms with Gasteiger partial charge in [-0.25, -0.2) is 0 Å². The van der Waals surface area contributed by atoms with Gasteiger partial charge in [0.1, 0.15) is 0 Å². The Morgan fingerprint density at radius 1 is 0.467 bits per heavy atom. The third-order valence-corrected chi connectivity index (χ3v) is 4.72. The standard InChI is InChI=1S/C16H10F12O2/c17-13(18,19)11(29,14(20,21)22)9-3-1-7(5-9)8-2-4-10(6-8)12(30,15(23,24)25)16(26,27)28/h1-4,29-30H,5-6H2. The van der Waals surface area contributed by atoms with Crippen LogP contribution < -0.4 is 0 Å². The van der Waals surface area contributed by atoms with Gasteiger partial charge in [0.15, 0.2) is 0 Å². The van der Waals surface area contributed by atoms with Crippen LogP contribution in [0.1, 0.15) is 12.8 Å². The van der Waals surface area contributed by atoms with Gasteiger partial charge in [0.05, 0.1) is 0 Å². The summed E-state index contributed by atoms with van der Waals surface area (Å²) in [5, 5.41) is 18.6. The Kier molecular flexibility index (Phi) is 5.49. The lowest BCUT2D eigenvalue weighted by molar-refractivity contribution is -0.353. The molecule has 2 nitrogen and oxygen atoms in total. The van der Waals surface area contributed by atoms with Gasteiger partial charge in [0.2, 0.25) is 0 Å². The van der Waals surface area contributed by atoms with Crippen molar-refractivity contribution in [1.82, 2.24) is 0 Å². The lowest BCUT2D eigenvalue weighted by Gasteiger charge is -2.34. The van der Waals surface area contributed by atoms with Crippen molar-refractivity contribution < 1.29 is 62.9 Å². The largest absolute Gasteiger partial charge is 0.430 e. The van der Waals surface area contributed by atoms with E-state index in [0.29, 0.717) is 12.2 Å². The summed E-state index contributed by atoms with van der Waals surface area (Å²) in [5.41, 5.74) is -14.7. The first-order chi connectivity index (χ1) is 13.2. The predicted octanol–water partition coefficient (Wildman–Crippen LogP) is 5.21. The average Bonchev–Trinajstić information content (AvgIpc) is 3.18. The first-order valence-electron chi connectivity index (χ1n) is 7.70. The zero-order chi connectivity index (χ0) is 23.6. The van der Waals surface area contributed by atoms with Crippen LogP contribution in [0.5, 0.6) is 0 Å². The number of halogens is 12. The van der Waals surface area contributed by atoms with Crippen LogP contribution >= 0.6 is 0 Å². The highest BCUT2D eigenvalue weighted by atomic mass is 19.4. The van der Waals surface area contributed by atoms with Crippen molar-refractivity contribution in [3.63, 3.8) is 0 Å². The summed E-state index contributed by atoms with van der Waals surface area (Å²) < 4.78 is 155. The Morgan fingerprint density at radius 2 is 0.700 bits per heavy atom. The molecule has 0 fully saturated rings. The number of allylic oxidation sites excluding steroid dienone is 6. The van der Waals surface area contributed by atoms with Crippen LogP contribution in [0.3, 0.4) is 0 Å². The quantitative estimate of drug-likeness (QED) is 0.566. The summed E-state index contributed by atoms with van der Waals surface area (Å²) in [4.78, 5) is 0. The lowest BCUT2D eigenvalue weighted by atomic mass is 9.86. The number of hydrogen-bond donors (Lipinski definition) is 2. The smallest absolute Gasteiger partial charge is 0.370 e. The fourth-order valence-corrected chi connectivity index (χ4v) is 3.04. The molecule has 2 rings (SSSR count). The van der Waals surface area contributed by atoms with Crippen molar-refractivity contribution in [2.75, 3.05) is 0 Å². The normalized spacial score (nSPS) is 19.5. The highest BCUT2D eigenvalue weighted by Gasteiger charge is 2.73. The summed E-state index contributed by atoms with van der Waals surface area (Å²) in [6, 6.07) is 0. The molecule has 0 aromatic heterocycles. The van der Waals surface area contributed by atoms with Gasteiger partial charge in [-0.15, -0.1) is 0 Å². The molecule has 2 aliphatic carbocycles. The first-order valence-corrected chi connectivity index (χ1v) is 7.70. The molecule has 0 saturated carbocycles. The second-order valence-corrected chi connectivity index (χ2v) is 6.53. The molecule has 0 aromatic rings. The van der Waals surface area contributed by atoms with Gasteiger partial charge in [-0.2, -0.15) is 52.7 Å². The maximum absolute atomic E-state index is 12.9. The van der Waals surface area contributed by atoms with E-state index >= 15 is 0 Å². The fraction of sp³-hybridized carbons (Fsp3) is 0.500. The van der Waals surface area contributed by atoms with Crippen LogP contribution in [0.15, 0.2) is 46.6 Å². The average molecular weight is 462 g/mol. The Morgan fingerprint density at radius 3 is 0.900 bits per heavy atom. The van der Waals surface area contributed by atoms with E-state index in [4.69, 9.17) is 0 Å². The van der Waals surface area contributed by atoms with Gasteiger partial charge in [-0.3, -0.25) is 0 Å². The summed E-state index contributed by atoms with van der Waals surface area (Å²) in [5.74, 6) is 0. The van der Waals surface area contributed by atoms with Crippen LogP contribution in [0.2, 0.25) is 0 Å². The van der Waals surface area contributed by atoms with E-state index in [-0.39, 0.29) is 12.2 Å². The van der Waals surface area contributed by atoms with E-state index < -0.39 is 71.0 Å². The third kappa shape index (κ3) is 3.53. The number of hydrogen-bond acceptors (Lipinski definition) is 2. The topological polar surface area (TPSA) is 40.5 Å². The molecule has 0 aromatic carbocycles. The fourth-order valence-electron chi connectivity index (χ4n) is 3.04. The second kappa shape index (κ2) is 6.77. The van der Waals surface area contributed by atoms with Crippen LogP contribution in [0.25, 0.3) is 0 Å². The minimum Gasteiger partial charge on any atom is -0.370 e. The van der Waals surface area contributed by atoms with Crippen LogP contribution in [-0.4, -0.2) is 46.1 Å². The van der Waals surface area contributed by atoms with Gasteiger partial charge >= 0.3 is 24.7 Å². The molecule has 0 amide bonds. The number of alkyl halides is 12. The zero-order valence-corrected chi connectivity index (χ0v) is 14.2. The van der Waals surface area contributed by atoms with Crippen LogP contribution in [0.4, 0.5) is 52.7 Å². The van der Waals surface area contributed by atoms with Gasteiger partial charge in [-0.1, -0.05) is 24.3 Å². The minimum absolute atomic E-state index is 0.245. The second-order valence-electron chi connectivity index (χ2n) is 6.53. The molecule has 0 radical (unpaired) electrons. The van der Waals surface area contributed by atoms with Crippen molar-refractivity contribution in [2.24, 2.45) is 0 Å². The molecule has 2 aliphatic rings. The van der Waals surface area contributed by atoms with Gasteiger partial charge in [0, 0.05) is 0 Å². The van der Waals surface area contributed by atoms with Crippen molar-refractivity contribution in [3.8, 4) is 0 Å². The highest BCUT2D eigenvalue weighted by Crippen LogP contribution is 2.53. The van der Waals surface area contributed by atoms with Crippen LogP contribution in [-0.2, 0) is 0 Å². The summed E-state index contributed by atoms with van der Waals surface area (Å²) in [6.45, 7) is 0. The molecule has 0 aliphatic heterocycles. The van der Waals surface area contributed by atoms with E-state index in [0.717, 1.165) is 0 Å². The predicted molar refractivity (Wildman–Crippen MR) is 75.7 cm³/mol. The highest BCUT2D eigenvalue weighted by molar-refractivity contribution is 5.53. The molecule has 0 bridgehead atoms. The third-order valence-electron chi connectivity index (χ3n) is 4.72. The summed E-state index contributed by atoms with van der Waals surface area (Å²) >= 11 is 0. The molecular weight excluding hydrogens is 452 g/mol. The monoisotopic (exact) mass is 462 g/mol. The lowest BCUT2D eigenvalue weighted by Crippen LogP contribution is -2.58. The van der Waals surface area contributed by atoms with Gasteiger partial charge in [-0.05, 0) is 35.1 Å². The summed E-state index contributed by atoms with van der Waals surface area (Å²) in [7, 11) is 0. The molecule has 0 unspecified atom stereocenters. The molecule has 0 saturated heterocycles. The van der Waals surface area contributed by atoms with Gasteiger partial charge < -0.3 is 10.2 Å². The molecule has 2 N–H and O–H groups in total. The van der Waals surface area contributed by atoms with E-state index in [1.165, 1.54) is 0 Å². The van der Waals surface area contributed by atoms with E-state index in [1.807, 2.05) is 0 Å². The SMILES string of the molecule is OC(C1=CC=C(C2=CC=C(C(O)(C(F)(F)F)C(F)(F)F)C2)C1)(C(F)(F)F)C(F)(F)F. The Hall–Kier alpha value is -1.96. The van der Waals surface area contributed by atoms with Crippen molar-refractivity contribution in [3.05, 3.63) is 46.6 Å². The van der Waals surface area contributed by atoms with E-state index in [2.05, 4.69) is 0 Å². The molecule has 0 heterocycles. The maximum atomic E-state index is 12.9. The molecule has 30 heavy (non-hydrogen) atoms. The van der Waals surface area contributed by atoms with Crippen molar-refractivity contribution in [2.45, 2.75) is 48.7 Å². The van der Waals surface area contributed by atoms with Gasteiger partial charge in [0.25, 0.3) is 11.2 Å². The minimum atomic E-state index is -6.19. The molecule has 14 heteroatoms.